The normalized spacial score (nSPS) is 11.6. The van der Waals surface area contributed by atoms with Crippen LogP contribution < -0.4 is 0 Å². The number of benzene rings is 6. The topological polar surface area (TPSA) is 30.7 Å². The molecule has 3 nitrogen and oxygen atoms in total. The average molecular weight is 580 g/mol. The number of para-hydroxylation sites is 2. The van der Waals surface area contributed by atoms with Crippen molar-refractivity contribution in [3.05, 3.63) is 152 Å². The highest BCUT2D eigenvalue weighted by Gasteiger charge is 2.17. The van der Waals surface area contributed by atoms with E-state index >= 15 is 0 Å². The van der Waals surface area contributed by atoms with Crippen LogP contribution in [-0.4, -0.2) is 14.5 Å². The molecule has 0 saturated heterocycles. The van der Waals surface area contributed by atoms with Crippen LogP contribution in [0.15, 0.2) is 152 Å². The van der Waals surface area contributed by atoms with Crippen molar-refractivity contribution < 1.29 is 0 Å². The Morgan fingerprint density at radius 2 is 0.977 bits per heavy atom. The van der Waals surface area contributed by atoms with Crippen LogP contribution in [0.2, 0.25) is 0 Å². The molecule has 0 radical (unpaired) electrons. The van der Waals surface area contributed by atoms with Crippen LogP contribution in [0.5, 0.6) is 0 Å². The molecule has 0 aliphatic carbocycles. The lowest BCUT2D eigenvalue weighted by molar-refractivity contribution is 1.17. The molecule has 6 aromatic carbocycles. The van der Waals surface area contributed by atoms with Gasteiger partial charge in [0.15, 0.2) is 5.82 Å². The lowest BCUT2D eigenvalue weighted by Crippen LogP contribution is -1.96. The summed E-state index contributed by atoms with van der Waals surface area (Å²) in [6.07, 6.45) is 0. The second kappa shape index (κ2) is 10.0. The number of nitrogens with zero attached hydrogens (tertiary/aromatic N) is 3. The number of thiophene rings is 1. The van der Waals surface area contributed by atoms with Gasteiger partial charge in [-0.3, -0.25) is 0 Å². The molecule has 0 aliphatic heterocycles. The van der Waals surface area contributed by atoms with Gasteiger partial charge in [-0.2, -0.15) is 0 Å². The highest BCUT2D eigenvalue weighted by Crippen LogP contribution is 2.40. The first-order chi connectivity index (χ1) is 21.8. The average Bonchev–Trinajstić information content (AvgIpc) is 3.64. The van der Waals surface area contributed by atoms with Gasteiger partial charge in [0.25, 0.3) is 0 Å². The molecule has 0 amide bonds. The summed E-state index contributed by atoms with van der Waals surface area (Å²) in [7, 11) is 0. The standard InChI is InChI=1S/C40H25N3S/c1-2-10-26(11-3-1)27-18-20-28(21-19-27)37-39-38(33-14-6-9-17-36(33)44-39)42-40(41-37)29-22-24-30(25-23-29)43-34-15-7-4-12-31(34)32-13-5-8-16-35(32)43/h1-25H. The summed E-state index contributed by atoms with van der Waals surface area (Å²) in [5.41, 5.74) is 9.97. The lowest BCUT2D eigenvalue weighted by Gasteiger charge is -2.10. The zero-order valence-corrected chi connectivity index (χ0v) is 24.5. The Bertz CT molecular complexity index is 2420. The summed E-state index contributed by atoms with van der Waals surface area (Å²) in [6, 6.07) is 53.6. The van der Waals surface area contributed by atoms with E-state index < -0.39 is 0 Å². The molecule has 9 rings (SSSR count). The predicted octanol–water partition coefficient (Wildman–Crippen LogP) is 10.9. The molecule has 0 bridgehead atoms. The number of aromatic nitrogens is 3. The molecule has 4 heteroatoms. The number of hydrogen-bond acceptors (Lipinski definition) is 3. The van der Waals surface area contributed by atoms with Gasteiger partial charge in [0, 0.05) is 37.7 Å². The predicted molar refractivity (Wildman–Crippen MR) is 186 cm³/mol. The van der Waals surface area contributed by atoms with Gasteiger partial charge >= 0.3 is 0 Å². The van der Waals surface area contributed by atoms with Gasteiger partial charge in [0.2, 0.25) is 0 Å². The van der Waals surface area contributed by atoms with Crippen LogP contribution in [0, 0.1) is 0 Å². The number of rotatable bonds is 4. The monoisotopic (exact) mass is 579 g/mol. The van der Waals surface area contributed by atoms with E-state index in [4.69, 9.17) is 9.97 Å². The molecular weight excluding hydrogens is 555 g/mol. The van der Waals surface area contributed by atoms with E-state index in [0.717, 1.165) is 38.5 Å². The molecule has 0 N–H and O–H groups in total. The molecule has 3 heterocycles. The molecule has 0 aliphatic rings. The van der Waals surface area contributed by atoms with Crippen LogP contribution >= 0.6 is 11.3 Å². The van der Waals surface area contributed by atoms with Crippen molar-refractivity contribution >= 4 is 53.4 Å². The second-order valence-electron chi connectivity index (χ2n) is 11.0. The summed E-state index contributed by atoms with van der Waals surface area (Å²) in [4.78, 5) is 10.4. The van der Waals surface area contributed by atoms with Crippen molar-refractivity contribution in [2.75, 3.05) is 0 Å². The van der Waals surface area contributed by atoms with Gasteiger partial charge in [-0.1, -0.05) is 109 Å². The molecule has 0 atom stereocenters. The van der Waals surface area contributed by atoms with Crippen LogP contribution in [-0.2, 0) is 0 Å². The molecule has 0 spiro atoms. The summed E-state index contributed by atoms with van der Waals surface area (Å²) in [5, 5.41) is 3.68. The molecule has 206 valence electrons. The number of hydrogen-bond donors (Lipinski definition) is 0. The molecular formula is C40H25N3S. The summed E-state index contributed by atoms with van der Waals surface area (Å²) >= 11 is 1.76. The number of fused-ring (bicyclic) bond motifs is 6. The summed E-state index contributed by atoms with van der Waals surface area (Å²) < 4.78 is 4.67. The quantitative estimate of drug-likeness (QED) is 0.208. The Hall–Kier alpha value is -5.58. The Morgan fingerprint density at radius 1 is 0.432 bits per heavy atom. The molecule has 0 unspecified atom stereocenters. The molecule has 3 aromatic heterocycles. The van der Waals surface area contributed by atoms with Gasteiger partial charge < -0.3 is 4.57 Å². The van der Waals surface area contributed by atoms with Crippen LogP contribution in [0.1, 0.15) is 0 Å². The van der Waals surface area contributed by atoms with Crippen molar-refractivity contribution in [2.24, 2.45) is 0 Å². The third kappa shape index (κ3) is 3.96. The van der Waals surface area contributed by atoms with E-state index in [1.54, 1.807) is 11.3 Å². The summed E-state index contributed by atoms with van der Waals surface area (Å²) in [5.74, 6) is 0.733. The third-order valence-electron chi connectivity index (χ3n) is 8.45. The van der Waals surface area contributed by atoms with E-state index in [9.17, 15) is 0 Å². The minimum Gasteiger partial charge on any atom is -0.309 e. The first-order valence-electron chi connectivity index (χ1n) is 14.8. The van der Waals surface area contributed by atoms with Crippen molar-refractivity contribution in [1.82, 2.24) is 14.5 Å². The first-order valence-corrected chi connectivity index (χ1v) is 15.6. The Balaban J connectivity index is 1.19. The van der Waals surface area contributed by atoms with E-state index in [1.165, 1.54) is 43.0 Å². The van der Waals surface area contributed by atoms with Crippen LogP contribution in [0.4, 0.5) is 0 Å². The highest BCUT2D eigenvalue weighted by atomic mass is 32.1. The van der Waals surface area contributed by atoms with Crippen molar-refractivity contribution in [3.63, 3.8) is 0 Å². The zero-order chi connectivity index (χ0) is 29.0. The minimum absolute atomic E-state index is 0.733. The molecule has 44 heavy (non-hydrogen) atoms. The maximum atomic E-state index is 5.22. The van der Waals surface area contributed by atoms with Gasteiger partial charge in [-0.15, -0.1) is 11.3 Å². The Morgan fingerprint density at radius 3 is 1.68 bits per heavy atom. The third-order valence-corrected chi connectivity index (χ3v) is 9.62. The second-order valence-corrected chi connectivity index (χ2v) is 12.1. The largest absolute Gasteiger partial charge is 0.309 e. The maximum absolute atomic E-state index is 5.22. The van der Waals surface area contributed by atoms with Crippen molar-refractivity contribution in [2.45, 2.75) is 0 Å². The van der Waals surface area contributed by atoms with Crippen LogP contribution in [0.3, 0.4) is 0 Å². The molecule has 0 saturated carbocycles. The molecule has 9 aromatic rings. The van der Waals surface area contributed by atoms with E-state index in [-0.39, 0.29) is 0 Å². The van der Waals surface area contributed by atoms with Crippen molar-refractivity contribution in [1.29, 1.82) is 0 Å². The van der Waals surface area contributed by atoms with Crippen molar-refractivity contribution in [3.8, 4) is 39.5 Å². The van der Waals surface area contributed by atoms with Crippen LogP contribution in [0.25, 0.3) is 81.6 Å². The maximum Gasteiger partial charge on any atom is 0.160 e. The Kier molecular flexibility index (Phi) is 5.68. The minimum atomic E-state index is 0.733. The zero-order valence-electron chi connectivity index (χ0n) is 23.7. The highest BCUT2D eigenvalue weighted by molar-refractivity contribution is 7.26. The summed E-state index contributed by atoms with van der Waals surface area (Å²) in [6.45, 7) is 0. The smallest absolute Gasteiger partial charge is 0.160 e. The van der Waals surface area contributed by atoms with E-state index in [2.05, 4.69) is 150 Å². The fourth-order valence-corrected chi connectivity index (χ4v) is 7.48. The molecule has 0 fully saturated rings. The fraction of sp³-hybridized carbons (Fsp3) is 0. The van der Waals surface area contributed by atoms with Gasteiger partial charge in [0.1, 0.15) is 0 Å². The van der Waals surface area contributed by atoms with Gasteiger partial charge in [0.05, 0.1) is 26.9 Å². The SMILES string of the molecule is c1ccc(-c2ccc(-c3nc(-c4ccc(-n5c6ccccc6c6ccccc65)cc4)nc4c3sc3ccccc34)cc2)cc1. The Labute approximate surface area is 258 Å². The van der Waals surface area contributed by atoms with E-state index in [0.29, 0.717) is 0 Å². The fourth-order valence-electron chi connectivity index (χ4n) is 6.33. The van der Waals surface area contributed by atoms with Gasteiger partial charge in [-0.25, -0.2) is 9.97 Å². The first kappa shape index (κ1) is 25.0. The lowest BCUT2D eigenvalue weighted by atomic mass is 10.0. The van der Waals surface area contributed by atoms with Gasteiger partial charge in [-0.05, 0) is 53.6 Å². The van der Waals surface area contributed by atoms with E-state index in [1.807, 2.05) is 6.07 Å².